The number of alkyl halides is 1. The number of aromatic nitrogens is 2. The highest BCUT2D eigenvalue weighted by Crippen LogP contribution is 2.25. The van der Waals surface area contributed by atoms with Gasteiger partial charge in [0.15, 0.2) is 5.15 Å². The Morgan fingerprint density at radius 2 is 2.43 bits per heavy atom. The van der Waals surface area contributed by atoms with Crippen LogP contribution < -0.4 is 4.90 Å². The highest BCUT2D eigenvalue weighted by Gasteiger charge is 2.29. The third kappa shape index (κ3) is 1.88. The Balaban J connectivity index is 2.27. The Morgan fingerprint density at radius 3 is 3.00 bits per heavy atom. The molecule has 1 unspecified atom stereocenters. The Bertz CT molecular complexity index is 373. The average Bonchev–Trinajstić information content (AvgIpc) is 2.45. The Hall–Kier alpha value is -0.680. The van der Waals surface area contributed by atoms with Gasteiger partial charge in [-0.3, -0.25) is 4.79 Å². The van der Waals surface area contributed by atoms with E-state index in [0.29, 0.717) is 23.8 Å². The summed E-state index contributed by atoms with van der Waals surface area (Å²) in [5.41, 5.74) is 0.706. The minimum atomic E-state index is 0.0796. The molecule has 2 heterocycles. The average molecular weight is 277 g/mol. The molecule has 0 bridgehead atoms. The van der Waals surface area contributed by atoms with Crippen molar-refractivity contribution in [2.75, 3.05) is 11.4 Å². The van der Waals surface area contributed by atoms with Crippen molar-refractivity contribution in [3.05, 3.63) is 17.4 Å². The number of halogens is 2. The predicted octanol–water partition coefficient (Wildman–Crippen LogP) is 1.63. The topological polar surface area (TPSA) is 46.1 Å². The van der Waals surface area contributed by atoms with Gasteiger partial charge in [-0.1, -0.05) is 27.5 Å². The molecule has 2 rings (SSSR count). The van der Waals surface area contributed by atoms with Crippen molar-refractivity contribution in [1.82, 2.24) is 10.2 Å². The molecule has 1 aromatic heterocycles. The summed E-state index contributed by atoms with van der Waals surface area (Å²) in [7, 11) is 0. The minimum Gasteiger partial charge on any atom is -0.310 e. The molecule has 0 radical (unpaired) electrons. The summed E-state index contributed by atoms with van der Waals surface area (Å²) in [5.74, 6) is 0.0796. The molecule has 0 aromatic carbocycles. The molecule has 0 spiro atoms. The van der Waals surface area contributed by atoms with E-state index in [4.69, 9.17) is 11.6 Å². The number of rotatable bonds is 1. The highest BCUT2D eigenvalue weighted by molar-refractivity contribution is 9.09. The molecular formula is C8H7BrClN3O. The molecule has 4 nitrogen and oxygen atoms in total. The monoisotopic (exact) mass is 275 g/mol. The maximum absolute atomic E-state index is 11.5. The standard InChI is InChI=1S/C8H7BrClN3O/c9-5-1-8(14)13(4-5)6-2-7(10)12-11-3-6/h2-3,5H,1,4H2. The maximum atomic E-state index is 11.5. The van der Waals surface area contributed by atoms with Crippen LogP contribution in [0, 0.1) is 0 Å². The van der Waals surface area contributed by atoms with Gasteiger partial charge < -0.3 is 4.90 Å². The van der Waals surface area contributed by atoms with E-state index >= 15 is 0 Å². The van der Waals surface area contributed by atoms with Crippen molar-refractivity contribution in [2.45, 2.75) is 11.2 Å². The van der Waals surface area contributed by atoms with Crippen molar-refractivity contribution in [3.8, 4) is 0 Å². The fraction of sp³-hybridized carbons (Fsp3) is 0.375. The van der Waals surface area contributed by atoms with E-state index in [0.717, 1.165) is 0 Å². The second-order valence-electron chi connectivity index (χ2n) is 3.04. The fourth-order valence-electron chi connectivity index (χ4n) is 1.39. The molecule has 6 heteroatoms. The van der Waals surface area contributed by atoms with Crippen LogP contribution >= 0.6 is 27.5 Å². The molecular weight excluding hydrogens is 269 g/mol. The number of carbonyl (C=O) groups excluding carboxylic acids is 1. The zero-order valence-electron chi connectivity index (χ0n) is 7.15. The Kier molecular flexibility index (Phi) is 2.69. The van der Waals surface area contributed by atoms with Crippen LogP contribution in [-0.4, -0.2) is 27.5 Å². The molecule has 1 aromatic rings. The molecule has 1 aliphatic rings. The lowest BCUT2D eigenvalue weighted by atomic mass is 10.4. The lowest BCUT2D eigenvalue weighted by Crippen LogP contribution is -2.24. The van der Waals surface area contributed by atoms with Crippen LogP contribution in [0.1, 0.15) is 6.42 Å². The second kappa shape index (κ2) is 3.82. The molecule has 0 N–H and O–H groups in total. The van der Waals surface area contributed by atoms with Gasteiger partial charge in [0, 0.05) is 23.9 Å². The minimum absolute atomic E-state index is 0.0796. The van der Waals surface area contributed by atoms with E-state index in [2.05, 4.69) is 26.1 Å². The van der Waals surface area contributed by atoms with Crippen LogP contribution in [0.4, 0.5) is 5.69 Å². The van der Waals surface area contributed by atoms with Crippen molar-refractivity contribution in [2.24, 2.45) is 0 Å². The molecule has 14 heavy (non-hydrogen) atoms. The Morgan fingerprint density at radius 1 is 1.64 bits per heavy atom. The number of carbonyl (C=O) groups is 1. The summed E-state index contributed by atoms with van der Waals surface area (Å²) >= 11 is 9.09. The van der Waals surface area contributed by atoms with Gasteiger partial charge in [-0.05, 0) is 0 Å². The van der Waals surface area contributed by atoms with Crippen LogP contribution in [0.5, 0.6) is 0 Å². The lowest BCUT2D eigenvalue weighted by molar-refractivity contribution is -0.117. The molecule has 1 fully saturated rings. The predicted molar refractivity (Wildman–Crippen MR) is 56.7 cm³/mol. The molecule has 1 aliphatic heterocycles. The molecule has 74 valence electrons. The van der Waals surface area contributed by atoms with Gasteiger partial charge in [0.05, 0.1) is 11.9 Å². The summed E-state index contributed by atoms with van der Waals surface area (Å²) in [6, 6.07) is 1.64. The zero-order valence-corrected chi connectivity index (χ0v) is 9.49. The summed E-state index contributed by atoms with van der Waals surface area (Å²) in [6.07, 6.45) is 2.05. The fourth-order valence-corrected chi connectivity index (χ4v) is 2.11. The van der Waals surface area contributed by atoms with E-state index in [1.54, 1.807) is 11.0 Å². The summed E-state index contributed by atoms with van der Waals surface area (Å²) in [5, 5.41) is 7.62. The first-order valence-electron chi connectivity index (χ1n) is 4.09. The third-order valence-electron chi connectivity index (χ3n) is 2.00. The van der Waals surface area contributed by atoms with Crippen LogP contribution in [0.15, 0.2) is 12.3 Å². The smallest absolute Gasteiger partial charge is 0.228 e. The van der Waals surface area contributed by atoms with Crippen LogP contribution in [0.25, 0.3) is 0 Å². The summed E-state index contributed by atoms with van der Waals surface area (Å²) < 4.78 is 0. The number of amides is 1. The largest absolute Gasteiger partial charge is 0.310 e. The van der Waals surface area contributed by atoms with Crippen LogP contribution in [0.3, 0.4) is 0 Å². The van der Waals surface area contributed by atoms with Gasteiger partial charge in [0.1, 0.15) is 0 Å². The first-order valence-corrected chi connectivity index (χ1v) is 5.39. The number of hydrogen-bond acceptors (Lipinski definition) is 3. The quantitative estimate of drug-likeness (QED) is 0.733. The molecule has 1 atom stereocenters. The normalized spacial score (nSPS) is 21.7. The third-order valence-corrected chi connectivity index (χ3v) is 2.80. The summed E-state index contributed by atoms with van der Waals surface area (Å²) in [6.45, 7) is 0.654. The SMILES string of the molecule is O=C1CC(Br)CN1c1cnnc(Cl)c1. The van der Waals surface area contributed by atoms with Gasteiger partial charge in [0.25, 0.3) is 0 Å². The van der Waals surface area contributed by atoms with Crippen LogP contribution in [-0.2, 0) is 4.79 Å². The van der Waals surface area contributed by atoms with Gasteiger partial charge >= 0.3 is 0 Å². The van der Waals surface area contributed by atoms with E-state index < -0.39 is 0 Å². The summed E-state index contributed by atoms with van der Waals surface area (Å²) in [4.78, 5) is 13.4. The molecule has 0 saturated carbocycles. The second-order valence-corrected chi connectivity index (χ2v) is 4.72. The first-order chi connectivity index (χ1) is 6.66. The van der Waals surface area contributed by atoms with Crippen molar-refractivity contribution >= 4 is 39.1 Å². The lowest BCUT2D eigenvalue weighted by Gasteiger charge is -2.14. The van der Waals surface area contributed by atoms with E-state index in [-0.39, 0.29) is 10.7 Å². The number of anilines is 1. The first kappa shape index (κ1) is 9.86. The van der Waals surface area contributed by atoms with E-state index in [9.17, 15) is 4.79 Å². The van der Waals surface area contributed by atoms with E-state index in [1.165, 1.54) is 6.20 Å². The van der Waals surface area contributed by atoms with Gasteiger partial charge in [-0.2, -0.15) is 5.10 Å². The van der Waals surface area contributed by atoms with Crippen LogP contribution in [0.2, 0.25) is 5.15 Å². The highest BCUT2D eigenvalue weighted by atomic mass is 79.9. The maximum Gasteiger partial charge on any atom is 0.228 e. The van der Waals surface area contributed by atoms with Crippen molar-refractivity contribution < 1.29 is 4.79 Å². The van der Waals surface area contributed by atoms with Crippen molar-refractivity contribution in [1.29, 1.82) is 0 Å². The van der Waals surface area contributed by atoms with Gasteiger partial charge in [-0.15, -0.1) is 5.10 Å². The van der Waals surface area contributed by atoms with Crippen molar-refractivity contribution in [3.63, 3.8) is 0 Å². The molecule has 1 saturated heterocycles. The number of nitrogens with zero attached hydrogens (tertiary/aromatic N) is 3. The van der Waals surface area contributed by atoms with E-state index in [1.807, 2.05) is 0 Å². The van der Waals surface area contributed by atoms with Gasteiger partial charge in [-0.25, -0.2) is 0 Å². The molecule has 1 amide bonds. The number of hydrogen-bond donors (Lipinski definition) is 0. The Labute approximate surface area is 94.4 Å². The zero-order chi connectivity index (χ0) is 10.1. The molecule has 0 aliphatic carbocycles. The van der Waals surface area contributed by atoms with Gasteiger partial charge in [0.2, 0.25) is 5.91 Å².